The van der Waals surface area contributed by atoms with Crippen molar-refractivity contribution in [2.75, 3.05) is 18.2 Å². The van der Waals surface area contributed by atoms with E-state index in [0.29, 0.717) is 24.9 Å². The predicted molar refractivity (Wildman–Crippen MR) is 94.0 cm³/mol. The maximum atomic E-state index is 13.0. The van der Waals surface area contributed by atoms with Crippen molar-refractivity contribution in [1.82, 2.24) is 14.9 Å². The van der Waals surface area contributed by atoms with E-state index in [9.17, 15) is 17.6 Å². The molecule has 0 aliphatic carbocycles. The van der Waals surface area contributed by atoms with Crippen LogP contribution in [0.5, 0.6) is 0 Å². The molecule has 144 valence electrons. The van der Waals surface area contributed by atoms with Gasteiger partial charge in [0.15, 0.2) is 5.84 Å². The van der Waals surface area contributed by atoms with Crippen molar-refractivity contribution in [1.29, 1.82) is 0 Å². The van der Waals surface area contributed by atoms with Crippen molar-refractivity contribution in [2.24, 2.45) is 4.99 Å². The summed E-state index contributed by atoms with van der Waals surface area (Å²) in [5.41, 5.74) is -0.0218. The Morgan fingerprint density at radius 3 is 2.63 bits per heavy atom. The van der Waals surface area contributed by atoms with Gasteiger partial charge in [-0.25, -0.2) is 9.37 Å². The molecule has 0 fully saturated rings. The minimum atomic E-state index is -4.54. The fourth-order valence-corrected chi connectivity index (χ4v) is 2.71. The molecular formula is C18H19F4N5. The van der Waals surface area contributed by atoms with Crippen molar-refractivity contribution in [2.45, 2.75) is 32.7 Å². The lowest BCUT2D eigenvalue weighted by Crippen LogP contribution is -2.49. The van der Waals surface area contributed by atoms with E-state index in [-0.39, 0.29) is 17.4 Å². The summed E-state index contributed by atoms with van der Waals surface area (Å²) < 4.78 is 52.2. The van der Waals surface area contributed by atoms with E-state index in [0.717, 1.165) is 6.07 Å². The summed E-state index contributed by atoms with van der Waals surface area (Å²) in [6.45, 7) is 4.00. The average molecular weight is 381 g/mol. The van der Waals surface area contributed by atoms with E-state index in [1.807, 2.05) is 18.7 Å². The topological polar surface area (TPSA) is 44.6 Å². The van der Waals surface area contributed by atoms with Gasteiger partial charge in [-0.1, -0.05) is 6.07 Å². The number of hydrogen-bond donors (Lipinski definition) is 0. The van der Waals surface area contributed by atoms with Crippen LogP contribution in [0.4, 0.5) is 23.2 Å². The zero-order valence-electron chi connectivity index (χ0n) is 14.9. The molecule has 0 N–H and O–H groups in total. The third-order valence-electron chi connectivity index (χ3n) is 4.23. The molecule has 0 saturated heterocycles. The fourth-order valence-electron chi connectivity index (χ4n) is 2.71. The Bertz CT molecular complexity index is 834. The van der Waals surface area contributed by atoms with Crippen LogP contribution in [0.3, 0.4) is 0 Å². The number of halogens is 4. The lowest BCUT2D eigenvalue weighted by Gasteiger charge is -2.38. The molecule has 5 nitrogen and oxygen atoms in total. The molecule has 2 aromatic rings. The summed E-state index contributed by atoms with van der Waals surface area (Å²) in [7, 11) is 0. The van der Waals surface area contributed by atoms with E-state index < -0.39 is 18.5 Å². The van der Waals surface area contributed by atoms with Gasteiger partial charge in [-0.3, -0.25) is 14.9 Å². The molecule has 27 heavy (non-hydrogen) atoms. The van der Waals surface area contributed by atoms with Crippen LogP contribution in [0.2, 0.25) is 0 Å². The highest BCUT2D eigenvalue weighted by molar-refractivity contribution is 6.09. The van der Waals surface area contributed by atoms with Crippen molar-refractivity contribution in [3.05, 3.63) is 53.6 Å². The van der Waals surface area contributed by atoms with Crippen molar-refractivity contribution in [3.8, 4) is 0 Å². The van der Waals surface area contributed by atoms with Crippen LogP contribution < -0.4 is 4.90 Å². The predicted octanol–water partition coefficient (Wildman–Crippen LogP) is 3.86. The summed E-state index contributed by atoms with van der Waals surface area (Å²) in [6.07, 6.45) is -3.08. The largest absolute Gasteiger partial charge is 0.433 e. The fraction of sp³-hybridized carbons (Fsp3) is 0.389. The minimum absolute atomic E-state index is 0.117. The van der Waals surface area contributed by atoms with Gasteiger partial charge in [0.25, 0.3) is 0 Å². The van der Waals surface area contributed by atoms with Crippen LogP contribution in [0.25, 0.3) is 0 Å². The summed E-state index contributed by atoms with van der Waals surface area (Å²) in [6, 6.07) is 7.13. The first-order valence-electron chi connectivity index (χ1n) is 8.41. The number of hydrogen-bond acceptors (Lipinski definition) is 5. The summed E-state index contributed by atoms with van der Waals surface area (Å²) in [5.74, 6) is 0.314. The first kappa shape index (κ1) is 19.2. The number of aromatic nitrogens is 2. The Kier molecular flexibility index (Phi) is 5.41. The molecule has 0 spiro atoms. The Morgan fingerprint density at radius 1 is 1.19 bits per heavy atom. The molecule has 0 radical (unpaired) electrons. The lowest BCUT2D eigenvalue weighted by atomic mass is 10.2. The third kappa shape index (κ3) is 4.24. The normalized spacial score (nSPS) is 16.0. The molecular weight excluding hydrogens is 362 g/mol. The summed E-state index contributed by atoms with van der Waals surface area (Å²) in [5, 5.41) is 0. The second kappa shape index (κ2) is 7.59. The highest BCUT2D eigenvalue weighted by atomic mass is 19.4. The van der Waals surface area contributed by atoms with Crippen LogP contribution >= 0.6 is 0 Å². The van der Waals surface area contributed by atoms with Crippen molar-refractivity contribution < 1.29 is 17.6 Å². The number of anilines is 1. The minimum Gasteiger partial charge on any atom is -0.311 e. The molecule has 0 bridgehead atoms. The second-order valence-corrected chi connectivity index (χ2v) is 6.42. The maximum absolute atomic E-state index is 13.0. The molecule has 0 saturated carbocycles. The number of pyridine rings is 2. The zero-order chi connectivity index (χ0) is 19.6. The zero-order valence-corrected chi connectivity index (χ0v) is 14.9. The molecule has 3 heterocycles. The van der Waals surface area contributed by atoms with Crippen LogP contribution in [0.1, 0.15) is 30.9 Å². The molecule has 0 amide bonds. The molecule has 3 rings (SSSR count). The molecule has 0 unspecified atom stereocenters. The van der Waals surface area contributed by atoms with E-state index in [4.69, 9.17) is 0 Å². The Morgan fingerprint density at radius 2 is 1.96 bits per heavy atom. The Hall–Kier alpha value is -2.55. The summed E-state index contributed by atoms with van der Waals surface area (Å²) in [4.78, 5) is 15.9. The van der Waals surface area contributed by atoms with Gasteiger partial charge in [0, 0.05) is 17.9 Å². The van der Waals surface area contributed by atoms with E-state index >= 15 is 0 Å². The Labute approximate surface area is 154 Å². The van der Waals surface area contributed by atoms with Gasteiger partial charge < -0.3 is 4.90 Å². The quantitative estimate of drug-likeness (QED) is 0.755. The molecule has 9 heteroatoms. The van der Waals surface area contributed by atoms with E-state index in [2.05, 4.69) is 15.0 Å². The van der Waals surface area contributed by atoms with Gasteiger partial charge >= 0.3 is 6.18 Å². The third-order valence-corrected chi connectivity index (χ3v) is 4.23. The first-order valence-corrected chi connectivity index (χ1v) is 8.41. The monoisotopic (exact) mass is 381 g/mol. The first-order chi connectivity index (χ1) is 12.8. The highest BCUT2D eigenvalue weighted by Crippen LogP contribution is 2.28. The SMILES string of the molecule is CC(C)N1CN=C(c2cccc(C(F)(F)F)n2)N(c2ccnc(CF)c2)C1. The van der Waals surface area contributed by atoms with Gasteiger partial charge in [-0.05, 0) is 38.1 Å². The van der Waals surface area contributed by atoms with Gasteiger partial charge in [-0.2, -0.15) is 13.2 Å². The number of aliphatic imine (C=N–C) groups is 1. The van der Waals surface area contributed by atoms with Gasteiger partial charge in [0.1, 0.15) is 18.1 Å². The van der Waals surface area contributed by atoms with Crippen molar-refractivity contribution >= 4 is 11.5 Å². The number of alkyl halides is 4. The number of rotatable bonds is 4. The smallest absolute Gasteiger partial charge is 0.311 e. The lowest BCUT2D eigenvalue weighted by molar-refractivity contribution is -0.141. The number of nitrogens with zero attached hydrogens (tertiary/aromatic N) is 5. The summed E-state index contributed by atoms with van der Waals surface area (Å²) >= 11 is 0. The maximum Gasteiger partial charge on any atom is 0.433 e. The molecule has 0 atom stereocenters. The van der Waals surface area contributed by atoms with E-state index in [1.165, 1.54) is 18.3 Å². The van der Waals surface area contributed by atoms with Crippen LogP contribution in [0, 0.1) is 0 Å². The van der Waals surface area contributed by atoms with Gasteiger partial charge in [-0.15, -0.1) is 0 Å². The van der Waals surface area contributed by atoms with Crippen LogP contribution in [-0.2, 0) is 12.9 Å². The average Bonchev–Trinajstić information content (AvgIpc) is 2.67. The number of amidine groups is 1. The molecule has 1 aliphatic rings. The van der Waals surface area contributed by atoms with E-state index in [1.54, 1.807) is 17.0 Å². The molecule has 1 aliphatic heterocycles. The second-order valence-electron chi connectivity index (χ2n) is 6.42. The highest BCUT2D eigenvalue weighted by Gasteiger charge is 2.34. The molecule has 2 aromatic heterocycles. The van der Waals surface area contributed by atoms with Crippen LogP contribution in [-0.4, -0.2) is 40.1 Å². The molecule has 0 aromatic carbocycles. The van der Waals surface area contributed by atoms with Gasteiger partial charge in [0.2, 0.25) is 0 Å². The van der Waals surface area contributed by atoms with Crippen molar-refractivity contribution in [3.63, 3.8) is 0 Å². The van der Waals surface area contributed by atoms with Gasteiger partial charge in [0.05, 0.1) is 19.0 Å². The van der Waals surface area contributed by atoms with Crippen LogP contribution in [0.15, 0.2) is 41.5 Å². The Balaban J connectivity index is 2.05. The standard InChI is InChI=1S/C18H19F4N5/c1-12(2)26-10-24-17(15-4-3-5-16(25-15)18(20,21)22)27(11-26)14-6-7-23-13(8-14)9-19/h3-8,12H,9-11H2,1-2H3.